The minimum absolute atomic E-state index is 0.00518. The molecule has 2 aromatic carbocycles. The Hall–Kier alpha value is -2.86. The molecule has 2 aromatic rings. The van der Waals surface area contributed by atoms with E-state index in [1.807, 2.05) is 45.6 Å². The van der Waals surface area contributed by atoms with Gasteiger partial charge in [-0.1, -0.05) is 74.9 Å². The smallest absolute Gasteiger partial charge is 0.329 e. The summed E-state index contributed by atoms with van der Waals surface area (Å²) in [5.74, 6) is -0.362. The lowest BCUT2D eigenvalue weighted by atomic mass is 9.62. The SMILES string of the molecule is CC[C@H](C)[C@H](NC(=O)N1CCC2(CC1)CN(C(C)C)C2c1ccc(-c2ccccc2)cc1)C(=O)OC(C)(C)C. The molecule has 6 nitrogen and oxygen atoms in total. The number of carbonyl (C=O) groups is 2. The third-order valence-corrected chi connectivity index (χ3v) is 8.61. The number of hydrogen-bond donors (Lipinski definition) is 1. The molecule has 1 N–H and O–H groups in total. The lowest BCUT2D eigenvalue weighted by molar-refractivity contribution is -0.158. The van der Waals surface area contributed by atoms with Crippen LogP contribution >= 0.6 is 0 Å². The van der Waals surface area contributed by atoms with Gasteiger partial charge in [0.1, 0.15) is 11.6 Å². The second kappa shape index (κ2) is 11.7. The fourth-order valence-electron chi connectivity index (χ4n) is 6.14. The Morgan fingerprint density at radius 1 is 0.974 bits per heavy atom. The Morgan fingerprint density at radius 2 is 1.56 bits per heavy atom. The lowest BCUT2D eigenvalue weighted by Gasteiger charge is -2.62. The summed E-state index contributed by atoms with van der Waals surface area (Å²) in [6, 6.07) is 19.6. The average molecular weight is 534 g/mol. The summed E-state index contributed by atoms with van der Waals surface area (Å²) in [5, 5.41) is 3.02. The van der Waals surface area contributed by atoms with Gasteiger partial charge in [0.05, 0.1) is 0 Å². The first kappa shape index (κ1) is 29.1. The van der Waals surface area contributed by atoms with Crippen molar-refractivity contribution in [3.05, 3.63) is 60.2 Å². The first-order chi connectivity index (χ1) is 18.4. The van der Waals surface area contributed by atoms with Crippen LogP contribution in [0, 0.1) is 11.3 Å². The van der Waals surface area contributed by atoms with Crippen molar-refractivity contribution in [2.24, 2.45) is 11.3 Å². The summed E-state index contributed by atoms with van der Waals surface area (Å²) in [6.07, 6.45) is 2.69. The molecule has 2 amide bonds. The van der Waals surface area contributed by atoms with Crippen molar-refractivity contribution in [2.45, 2.75) is 91.5 Å². The molecule has 39 heavy (non-hydrogen) atoms. The molecule has 2 aliphatic rings. The molecule has 0 radical (unpaired) electrons. The summed E-state index contributed by atoms with van der Waals surface area (Å²) in [7, 11) is 0. The second-order valence-electron chi connectivity index (χ2n) is 12.9. The summed E-state index contributed by atoms with van der Waals surface area (Å²) in [4.78, 5) is 30.7. The Kier molecular flexibility index (Phi) is 8.75. The van der Waals surface area contributed by atoms with Crippen LogP contribution in [0.25, 0.3) is 11.1 Å². The number of nitrogens with zero attached hydrogens (tertiary/aromatic N) is 2. The molecule has 6 heteroatoms. The molecule has 0 bridgehead atoms. The number of ether oxygens (including phenoxy) is 1. The van der Waals surface area contributed by atoms with E-state index in [1.54, 1.807) is 0 Å². The number of esters is 1. The van der Waals surface area contributed by atoms with E-state index in [-0.39, 0.29) is 23.3 Å². The molecule has 0 aliphatic carbocycles. The van der Waals surface area contributed by atoms with Crippen molar-refractivity contribution in [2.75, 3.05) is 19.6 Å². The molecule has 3 atom stereocenters. The largest absolute Gasteiger partial charge is 0.458 e. The number of rotatable bonds is 7. The van der Waals surface area contributed by atoms with Crippen LogP contribution in [0.4, 0.5) is 4.79 Å². The second-order valence-corrected chi connectivity index (χ2v) is 12.9. The van der Waals surface area contributed by atoms with Crippen molar-refractivity contribution in [3.8, 4) is 11.1 Å². The lowest BCUT2D eigenvalue weighted by Crippen LogP contribution is -2.64. The molecular formula is C33H47N3O3. The predicted molar refractivity (Wildman–Crippen MR) is 157 cm³/mol. The van der Waals surface area contributed by atoms with E-state index < -0.39 is 11.6 Å². The number of nitrogens with one attached hydrogen (secondary N) is 1. The van der Waals surface area contributed by atoms with Crippen LogP contribution in [0.5, 0.6) is 0 Å². The number of carbonyl (C=O) groups excluding carboxylic acids is 2. The van der Waals surface area contributed by atoms with Crippen LogP contribution in [0.2, 0.25) is 0 Å². The van der Waals surface area contributed by atoms with E-state index in [4.69, 9.17) is 4.74 Å². The first-order valence-electron chi connectivity index (χ1n) is 14.6. The van der Waals surface area contributed by atoms with Gasteiger partial charge in [0.2, 0.25) is 0 Å². The maximum Gasteiger partial charge on any atom is 0.329 e. The standard InChI is InChI=1S/C33H47N3O3/c1-8-24(4)28(30(37)39-32(5,6)7)34-31(38)35-20-18-33(19-21-35)22-36(23(2)3)29(33)27-16-14-26(15-17-27)25-12-10-9-11-13-25/h9-17,23-24,28-29H,8,18-22H2,1-7H3,(H,34,38)/t24-,28-,29?/m0/s1. The zero-order chi connectivity index (χ0) is 28.4. The zero-order valence-corrected chi connectivity index (χ0v) is 24.9. The number of hydrogen-bond acceptors (Lipinski definition) is 4. The molecule has 1 unspecified atom stereocenters. The van der Waals surface area contributed by atoms with Crippen molar-refractivity contribution in [1.82, 2.24) is 15.1 Å². The summed E-state index contributed by atoms with van der Waals surface area (Å²) in [5.41, 5.74) is 3.39. The van der Waals surface area contributed by atoms with Gasteiger partial charge in [-0.2, -0.15) is 0 Å². The maximum absolute atomic E-state index is 13.3. The Labute approximate surface area is 235 Å². The third-order valence-electron chi connectivity index (χ3n) is 8.61. The van der Waals surface area contributed by atoms with Gasteiger partial charge in [-0.25, -0.2) is 9.59 Å². The average Bonchev–Trinajstić information content (AvgIpc) is 2.90. The Morgan fingerprint density at radius 3 is 2.10 bits per heavy atom. The van der Waals surface area contributed by atoms with Crippen LogP contribution < -0.4 is 5.32 Å². The van der Waals surface area contributed by atoms with Gasteiger partial charge in [-0.05, 0) is 70.1 Å². The minimum atomic E-state index is -0.645. The van der Waals surface area contributed by atoms with Crippen LogP contribution in [-0.4, -0.2) is 59.1 Å². The number of piperidine rings is 1. The number of benzene rings is 2. The van der Waals surface area contributed by atoms with E-state index in [9.17, 15) is 9.59 Å². The summed E-state index contributed by atoms with van der Waals surface area (Å²) >= 11 is 0. The monoisotopic (exact) mass is 533 g/mol. The molecule has 2 aliphatic heterocycles. The van der Waals surface area contributed by atoms with Crippen LogP contribution in [0.1, 0.15) is 79.3 Å². The maximum atomic E-state index is 13.3. The fraction of sp³-hybridized carbons (Fsp3) is 0.576. The highest BCUT2D eigenvalue weighted by Crippen LogP contribution is 2.55. The first-order valence-corrected chi connectivity index (χ1v) is 14.6. The van der Waals surface area contributed by atoms with Gasteiger partial charge >= 0.3 is 12.0 Å². The highest BCUT2D eigenvalue weighted by atomic mass is 16.6. The van der Waals surface area contributed by atoms with Crippen molar-refractivity contribution < 1.29 is 14.3 Å². The van der Waals surface area contributed by atoms with Gasteiger partial charge in [0, 0.05) is 37.1 Å². The van der Waals surface area contributed by atoms with Gasteiger partial charge in [0.25, 0.3) is 0 Å². The molecule has 2 saturated heterocycles. The molecule has 2 heterocycles. The van der Waals surface area contributed by atoms with E-state index in [0.29, 0.717) is 25.2 Å². The normalized spacial score (nSPS) is 20.8. The molecular weight excluding hydrogens is 486 g/mol. The van der Waals surface area contributed by atoms with Crippen LogP contribution in [0.15, 0.2) is 54.6 Å². The predicted octanol–water partition coefficient (Wildman–Crippen LogP) is 6.67. The molecule has 4 rings (SSSR count). The van der Waals surface area contributed by atoms with Crippen molar-refractivity contribution in [1.29, 1.82) is 0 Å². The molecule has 212 valence electrons. The highest BCUT2D eigenvalue weighted by molar-refractivity contribution is 5.84. The molecule has 0 saturated carbocycles. The zero-order valence-electron chi connectivity index (χ0n) is 24.9. The van der Waals surface area contributed by atoms with Crippen LogP contribution in [-0.2, 0) is 9.53 Å². The number of urea groups is 1. The molecule has 1 spiro atoms. The van der Waals surface area contributed by atoms with Gasteiger partial charge in [-0.3, -0.25) is 4.90 Å². The third kappa shape index (κ3) is 6.49. The Bertz CT molecular complexity index is 1120. The van der Waals surface area contributed by atoms with Crippen molar-refractivity contribution >= 4 is 12.0 Å². The summed E-state index contributed by atoms with van der Waals surface area (Å²) < 4.78 is 5.63. The van der Waals surface area contributed by atoms with E-state index in [2.05, 4.69) is 72.6 Å². The van der Waals surface area contributed by atoms with E-state index >= 15 is 0 Å². The van der Waals surface area contributed by atoms with Gasteiger partial charge < -0.3 is 15.0 Å². The molecule has 0 aromatic heterocycles. The number of likely N-dealkylation sites (tertiary alicyclic amines) is 2. The van der Waals surface area contributed by atoms with Crippen molar-refractivity contribution in [3.63, 3.8) is 0 Å². The van der Waals surface area contributed by atoms with Gasteiger partial charge in [-0.15, -0.1) is 0 Å². The van der Waals surface area contributed by atoms with Crippen LogP contribution in [0.3, 0.4) is 0 Å². The highest BCUT2D eigenvalue weighted by Gasteiger charge is 2.55. The fourth-order valence-corrected chi connectivity index (χ4v) is 6.14. The summed E-state index contributed by atoms with van der Waals surface area (Å²) in [6.45, 7) is 16.6. The van der Waals surface area contributed by atoms with Gasteiger partial charge in [0.15, 0.2) is 0 Å². The molecule has 2 fully saturated rings. The van der Waals surface area contributed by atoms with E-state index in [0.717, 1.165) is 25.8 Å². The number of amides is 2. The van der Waals surface area contributed by atoms with E-state index in [1.165, 1.54) is 16.7 Å². The quantitative estimate of drug-likeness (QED) is 0.404. The minimum Gasteiger partial charge on any atom is -0.458 e. The Balaban J connectivity index is 1.44. The topological polar surface area (TPSA) is 61.9 Å².